The lowest BCUT2D eigenvalue weighted by molar-refractivity contribution is 0.0945. The van der Waals surface area contributed by atoms with Crippen LogP contribution in [0.1, 0.15) is 41.4 Å². The first kappa shape index (κ1) is 22.3. The third-order valence-corrected chi connectivity index (χ3v) is 4.92. The van der Waals surface area contributed by atoms with E-state index in [1.54, 1.807) is 26.6 Å². The van der Waals surface area contributed by atoms with E-state index in [1.165, 1.54) is 6.26 Å². The molecule has 0 saturated carbocycles. The number of methoxy groups -OCH3 is 2. The summed E-state index contributed by atoms with van der Waals surface area (Å²) in [4.78, 5) is 22.9. The van der Waals surface area contributed by atoms with Crippen molar-refractivity contribution in [1.29, 1.82) is 0 Å². The molecule has 0 radical (unpaired) electrons. The van der Waals surface area contributed by atoms with Gasteiger partial charge in [-0.3, -0.25) is 14.7 Å². The second-order valence-electron chi connectivity index (χ2n) is 7.34. The molecule has 2 aromatic heterocycles. The molecular formula is C23H28N4O4. The number of amides is 1. The van der Waals surface area contributed by atoms with Crippen LogP contribution in [0.3, 0.4) is 0 Å². The molecule has 1 N–H and O–H groups in total. The Bertz CT molecular complexity index is 988. The minimum atomic E-state index is -0.280. The SMILES string of the molecule is COc1ccc(OC)c(CN(Cc2nc(C(=O)NCc3ccncc3)co2)C(C)C)c1. The summed E-state index contributed by atoms with van der Waals surface area (Å²) in [6.45, 7) is 5.66. The Hall–Kier alpha value is -3.39. The van der Waals surface area contributed by atoms with Crippen LogP contribution in [0.15, 0.2) is 53.4 Å². The Morgan fingerprint density at radius 3 is 2.58 bits per heavy atom. The molecule has 3 rings (SSSR count). The first-order chi connectivity index (χ1) is 15.0. The van der Waals surface area contributed by atoms with Crippen LogP contribution < -0.4 is 14.8 Å². The van der Waals surface area contributed by atoms with Gasteiger partial charge in [0.25, 0.3) is 5.91 Å². The molecule has 0 unspecified atom stereocenters. The molecule has 8 nitrogen and oxygen atoms in total. The summed E-state index contributed by atoms with van der Waals surface area (Å²) in [5.74, 6) is 1.75. The van der Waals surface area contributed by atoms with Crippen LogP contribution in [0.4, 0.5) is 0 Å². The van der Waals surface area contributed by atoms with E-state index >= 15 is 0 Å². The number of nitrogens with zero attached hydrogens (tertiary/aromatic N) is 3. The molecule has 0 saturated heterocycles. The zero-order valence-electron chi connectivity index (χ0n) is 18.3. The van der Waals surface area contributed by atoms with Crippen LogP contribution in [0.25, 0.3) is 0 Å². The third-order valence-electron chi connectivity index (χ3n) is 4.92. The zero-order chi connectivity index (χ0) is 22.2. The van der Waals surface area contributed by atoms with Crippen LogP contribution in [-0.4, -0.2) is 41.0 Å². The monoisotopic (exact) mass is 424 g/mol. The van der Waals surface area contributed by atoms with Crippen molar-refractivity contribution >= 4 is 5.91 Å². The Labute approximate surface area is 182 Å². The number of aromatic nitrogens is 2. The van der Waals surface area contributed by atoms with Gasteiger partial charge in [-0.15, -0.1) is 0 Å². The number of pyridine rings is 1. The standard InChI is InChI=1S/C23H28N4O4/c1-16(2)27(13-18-11-19(29-3)5-6-21(18)30-4)14-22-26-20(15-31-22)23(28)25-12-17-7-9-24-10-8-17/h5-11,15-16H,12-14H2,1-4H3,(H,25,28). The maximum atomic E-state index is 12.4. The highest BCUT2D eigenvalue weighted by molar-refractivity contribution is 5.91. The lowest BCUT2D eigenvalue weighted by atomic mass is 10.1. The van der Waals surface area contributed by atoms with E-state index in [0.29, 0.717) is 25.5 Å². The maximum absolute atomic E-state index is 12.4. The van der Waals surface area contributed by atoms with Crippen LogP contribution in [0.2, 0.25) is 0 Å². The van der Waals surface area contributed by atoms with Crippen molar-refractivity contribution < 1.29 is 18.7 Å². The molecule has 0 aliphatic carbocycles. The smallest absolute Gasteiger partial charge is 0.273 e. The second-order valence-corrected chi connectivity index (χ2v) is 7.34. The fourth-order valence-electron chi connectivity index (χ4n) is 3.08. The van der Waals surface area contributed by atoms with E-state index in [2.05, 4.69) is 34.0 Å². The quantitative estimate of drug-likeness (QED) is 0.533. The normalized spacial score (nSPS) is 11.0. The molecule has 0 aliphatic heterocycles. The topological polar surface area (TPSA) is 89.7 Å². The Morgan fingerprint density at radius 1 is 1.13 bits per heavy atom. The van der Waals surface area contributed by atoms with Crippen molar-refractivity contribution in [1.82, 2.24) is 20.2 Å². The molecule has 0 atom stereocenters. The first-order valence-electron chi connectivity index (χ1n) is 10.1. The molecule has 31 heavy (non-hydrogen) atoms. The van der Waals surface area contributed by atoms with Crippen LogP contribution in [0.5, 0.6) is 11.5 Å². The van der Waals surface area contributed by atoms with Crippen molar-refractivity contribution in [3.63, 3.8) is 0 Å². The summed E-state index contributed by atoms with van der Waals surface area (Å²) in [6, 6.07) is 9.63. The minimum absolute atomic E-state index is 0.215. The molecule has 0 bridgehead atoms. The summed E-state index contributed by atoms with van der Waals surface area (Å²) in [5.41, 5.74) is 2.22. The number of carbonyl (C=O) groups excluding carboxylic acids is 1. The molecule has 3 aromatic rings. The summed E-state index contributed by atoms with van der Waals surface area (Å²) in [5, 5.41) is 2.84. The first-order valence-corrected chi connectivity index (χ1v) is 10.1. The number of carbonyl (C=O) groups is 1. The Morgan fingerprint density at radius 2 is 1.90 bits per heavy atom. The van der Waals surface area contributed by atoms with Crippen LogP contribution in [-0.2, 0) is 19.6 Å². The van der Waals surface area contributed by atoms with Crippen molar-refractivity contribution in [2.24, 2.45) is 0 Å². The Balaban J connectivity index is 1.66. The molecule has 1 amide bonds. The van der Waals surface area contributed by atoms with Crippen molar-refractivity contribution in [3.05, 3.63) is 71.7 Å². The summed E-state index contributed by atoms with van der Waals surface area (Å²) >= 11 is 0. The van der Waals surface area contributed by atoms with E-state index < -0.39 is 0 Å². The van der Waals surface area contributed by atoms with Gasteiger partial charge in [-0.1, -0.05) is 0 Å². The molecule has 0 fully saturated rings. The average Bonchev–Trinajstić information content (AvgIpc) is 3.26. The van der Waals surface area contributed by atoms with E-state index in [9.17, 15) is 4.79 Å². The van der Waals surface area contributed by atoms with E-state index in [-0.39, 0.29) is 17.6 Å². The van der Waals surface area contributed by atoms with Gasteiger partial charge in [-0.2, -0.15) is 0 Å². The number of hydrogen-bond acceptors (Lipinski definition) is 7. The fraction of sp³-hybridized carbons (Fsp3) is 0.348. The fourth-order valence-corrected chi connectivity index (χ4v) is 3.08. The number of nitrogens with one attached hydrogen (secondary N) is 1. The highest BCUT2D eigenvalue weighted by atomic mass is 16.5. The highest BCUT2D eigenvalue weighted by Gasteiger charge is 2.19. The molecule has 0 spiro atoms. The van der Waals surface area contributed by atoms with Crippen molar-refractivity contribution in [2.75, 3.05) is 14.2 Å². The molecule has 164 valence electrons. The Kier molecular flexibility index (Phi) is 7.61. The molecule has 1 aromatic carbocycles. The molecule has 8 heteroatoms. The van der Waals surface area contributed by atoms with Gasteiger partial charge in [0.2, 0.25) is 5.89 Å². The molecular weight excluding hydrogens is 396 g/mol. The summed E-state index contributed by atoms with van der Waals surface area (Å²) in [6.07, 6.45) is 4.77. The molecule has 2 heterocycles. The van der Waals surface area contributed by atoms with Gasteiger partial charge in [-0.05, 0) is 49.7 Å². The van der Waals surface area contributed by atoms with Gasteiger partial charge in [0.15, 0.2) is 5.69 Å². The van der Waals surface area contributed by atoms with Crippen molar-refractivity contribution in [2.45, 2.75) is 39.5 Å². The van der Waals surface area contributed by atoms with Gasteiger partial charge in [0.05, 0.1) is 20.8 Å². The average molecular weight is 425 g/mol. The summed E-state index contributed by atoms with van der Waals surface area (Å²) < 4.78 is 16.4. The predicted molar refractivity (Wildman–Crippen MR) is 116 cm³/mol. The lowest BCUT2D eigenvalue weighted by Gasteiger charge is -2.26. The highest BCUT2D eigenvalue weighted by Crippen LogP contribution is 2.26. The zero-order valence-corrected chi connectivity index (χ0v) is 18.3. The van der Waals surface area contributed by atoms with Crippen molar-refractivity contribution in [3.8, 4) is 11.5 Å². The number of rotatable bonds is 10. The largest absolute Gasteiger partial charge is 0.497 e. The van der Waals surface area contributed by atoms with E-state index in [0.717, 1.165) is 22.6 Å². The second kappa shape index (κ2) is 10.6. The van der Waals surface area contributed by atoms with E-state index in [1.807, 2.05) is 30.3 Å². The van der Waals surface area contributed by atoms with Crippen LogP contribution >= 0.6 is 0 Å². The summed E-state index contributed by atoms with van der Waals surface area (Å²) in [7, 11) is 3.29. The van der Waals surface area contributed by atoms with Gasteiger partial charge in [0.1, 0.15) is 17.8 Å². The van der Waals surface area contributed by atoms with Gasteiger partial charge >= 0.3 is 0 Å². The van der Waals surface area contributed by atoms with Crippen LogP contribution in [0, 0.1) is 0 Å². The third kappa shape index (κ3) is 6.05. The minimum Gasteiger partial charge on any atom is -0.497 e. The predicted octanol–water partition coefficient (Wildman–Crippen LogP) is 3.43. The van der Waals surface area contributed by atoms with Gasteiger partial charge < -0.3 is 19.2 Å². The molecule has 0 aliphatic rings. The number of hydrogen-bond donors (Lipinski definition) is 1. The van der Waals surface area contributed by atoms with Gasteiger partial charge in [-0.25, -0.2) is 4.98 Å². The number of benzene rings is 1. The number of ether oxygens (including phenoxy) is 2. The number of oxazole rings is 1. The lowest BCUT2D eigenvalue weighted by Crippen LogP contribution is -2.30. The maximum Gasteiger partial charge on any atom is 0.273 e. The van der Waals surface area contributed by atoms with E-state index in [4.69, 9.17) is 13.9 Å². The van der Waals surface area contributed by atoms with Gasteiger partial charge in [0, 0.05) is 37.1 Å².